The fourth-order valence-electron chi connectivity index (χ4n) is 1.55. The van der Waals surface area contributed by atoms with Gasteiger partial charge in [-0.25, -0.2) is 0 Å². The number of hydrogen-bond donors (Lipinski definition) is 2. The monoisotopic (exact) mass is 250 g/mol. The molecule has 0 aliphatic carbocycles. The third-order valence-corrected chi connectivity index (χ3v) is 2.49. The van der Waals surface area contributed by atoms with Crippen LogP contribution in [-0.2, 0) is 11.2 Å². The van der Waals surface area contributed by atoms with Gasteiger partial charge in [-0.2, -0.15) is 0 Å². The average molecular weight is 250 g/mol. The van der Waals surface area contributed by atoms with Crippen LogP contribution in [0.2, 0.25) is 0 Å². The summed E-state index contributed by atoms with van der Waals surface area (Å²) in [5.41, 5.74) is 7.29. The SMILES string of the molecule is CC(C)OCCNC(=O)c1ccc(CCN)cc1. The molecule has 1 aromatic carbocycles. The summed E-state index contributed by atoms with van der Waals surface area (Å²) >= 11 is 0. The van der Waals surface area contributed by atoms with Crippen molar-refractivity contribution in [2.45, 2.75) is 26.4 Å². The second kappa shape index (κ2) is 7.84. The van der Waals surface area contributed by atoms with E-state index in [1.54, 1.807) is 0 Å². The van der Waals surface area contributed by atoms with Crippen molar-refractivity contribution in [2.75, 3.05) is 19.7 Å². The number of hydrogen-bond acceptors (Lipinski definition) is 3. The molecule has 0 fully saturated rings. The summed E-state index contributed by atoms with van der Waals surface area (Å²) in [4.78, 5) is 11.8. The van der Waals surface area contributed by atoms with Gasteiger partial charge in [-0.1, -0.05) is 12.1 Å². The zero-order chi connectivity index (χ0) is 13.4. The maximum Gasteiger partial charge on any atom is 0.251 e. The molecule has 1 rings (SSSR count). The molecule has 0 saturated carbocycles. The van der Waals surface area contributed by atoms with Crippen molar-refractivity contribution in [3.05, 3.63) is 35.4 Å². The zero-order valence-corrected chi connectivity index (χ0v) is 11.1. The van der Waals surface area contributed by atoms with Crippen LogP contribution in [-0.4, -0.2) is 31.7 Å². The molecule has 0 spiro atoms. The highest BCUT2D eigenvalue weighted by atomic mass is 16.5. The number of nitrogens with one attached hydrogen (secondary N) is 1. The van der Waals surface area contributed by atoms with E-state index in [1.165, 1.54) is 0 Å². The van der Waals surface area contributed by atoms with Crippen LogP contribution in [0.1, 0.15) is 29.8 Å². The highest BCUT2D eigenvalue weighted by Crippen LogP contribution is 2.04. The summed E-state index contributed by atoms with van der Waals surface area (Å²) in [6.45, 7) is 5.63. The Labute approximate surface area is 109 Å². The normalized spacial score (nSPS) is 10.7. The molecule has 0 saturated heterocycles. The Hall–Kier alpha value is -1.39. The largest absolute Gasteiger partial charge is 0.377 e. The number of carbonyl (C=O) groups excluding carboxylic acids is 1. The first kappa shape index (κ1) is 14.7. The predicted octanol–water partition coefficient (Wildman–Crippen LogP) is 1.34. The second-order valence-corrected chi connectivity index (χ2v) is 4.41. The minimum Gasteiger partial charge on any atom is -0.377 e. The number of rotatable bonds is 7. The van der Waals surface area contributed by atoms with E-state index < -0.39 is 0 Å². The minimum absolute atomic E-state index is 0.0679. The van der Waals surface area contributed by atoms with Crippen molar-refractivity contribution in [2.24, 2.45) is 5.73 Å². The highest BCUT2D eigenvalue weighted by Gasteiger charge is 2.04. The number of carbonyl (C=O) groups is 1. The van der Waals surface area contributed by atoms with Crippen LogP contribution in [0.3, 0.4) is 0 Å². The van der Waals surface area contributed by atoms with Gasteiger partial charge >= 0.3 is 0 Å². The van der Waals surface area contributed by atoms with Crippen LogP contribution >= 0.6 is 0 Å². The van der Waals surface area contributed by atoms with Gasteiger partial charge < -0.3 is 15.8 Å². The lowest BCUT2D eigenvalue weighted by Crippen LogP contribution is -2.28. The molecule has 0 aliphatic heterocycles. The molecule has 100 valence electrons. The van der Waals surface area contributed by atoms with E-state index in [9.17, 15) is 4.79 Å². The first-order valence-corrected chi connectivity index (χ1v) is 6.32. The summed E-state index contributed by atoms with van der Waals surface area (Å²) in [5.74, 6) is -0.0679. The van der Waals surface area contributed by atoms with E-state index in [4.69, 9.17) is 10.5 Å². The molecule has 0 atom stereocenters. The molecule has 0 aromatic heterocycles. The Morgan fingerprint density at radius 2 is 2.00 bits per heavy atom. The molecular formula is C14H22N2O2. The molecule has 4 heteroatoms. The second-order valence-electron chi connectivity index (χ2n) is 4.41. The van der Waals surface area contributed by atoms with Gasteiger partial charge in [0.1, 0.15) is 0 Å². The molecule has 1 aromatic rings. The first-order chi connectivity index (χ1) is 8.63. The van der Waals surface area contributed by atoms with Crippen LogP contribution in [0.4, 0.5) is 0 Å². The van der Waals surface area contributed by atoms with Crippen LogP contribution in [0, 0.1) is 0 Å². The maximum absolute atomic E-state index is 11.8. The van der Waals surface area contributed by atoms with Gasteiger partial charge in [0.15, 0.2) is 0 Å². The summed E-state index contributed by atoms with van der Waals surface area (Å²) in [6.07, 6.45) is 1.03. The maximum atomic E-state index is 11.8. The fourth-order valence-corrected chi connectivity index (χ4v) is 1.55. The Kier molecular flexibility index (Phi) is 6.39. The number of benzene rings is 1. The van der Waals surface area contributed by atoms with Gasteiger partial charge in [-0.3, -0.25) is 4.79 Å². The summed E-state index contributed by atoms with van der Waals surface area (Å²) in [6, 6.07) is 7.52. The average Bonchev–Trinajstić information content (AvgIpc) is 2.35. The number of ether oxygens (including phenoxy) is 1. The molecule has 0 aliphatic rings. The Balaban J connectivity index is 2.37. The molecule has 3 N–H and O–H groups in total. The van der Waals surface area contributed by atoms with E-state index in [0.717, 1.165) is 12.0 Å². The van der Waals surface area contributed by atoms with Gasteiger partial charge in [0.25, 0.3) is 5.91 Å². The highest BCUT2D eigenvalue weighted by molar-refractivity contribution is 5.94. The standard InChI is InChI=1S/C14H22N2O2/c1-11(2)18-10-9-16-14(17)13-5-3-12(4-6-13)7-8-15/h3-6,11H,7-10,15H2,1-2H3,(H,16,17). The third kappa shape index (κ3) is 5.29. The van der Waals surface area contributed by atoms with Gasteiger partial charge in [-0.15, -0.1) is 0 Å². The smallest absolute Gasteiger partial charge is 0.251 e. The molecule has 0 unspecified atom stereocenters. The van der Waals surface area contributed by atoms with Gasteiger partial charge in [-0.05, 0) is 44.5 Å². The quantitative estimate of drug-likeness (QED) is 0.718. The van der Waals surface area contributed by atoms with Gasteiger partial charge in [0, 0.05) is 12.1 Å². The lowest BCUT2D eigenvalue weighted by atomic mass is 10.1. The number of nitrogens with two attached hydrogens (primary N) is 1. The van der Waals surface area contributed by atoms with Crippen molar-refractivity contribution in [3.63, 3.8) is 0 Å². The lowest BCUT2D eigenvalue weighted by Gasteiger charge is -2.09. The Morgan fingerprint density at radius 1 is 1.33 bits per heavy atom. The topological polar surface area (TPSA) is 64.3 Å². The van der Waals surface area contributed by atoms with E-state index in [0.29, 0.717) is 25.3 Å². The van der Waals surface area contributed by atoms with Gasteiger partial charge in [0.05, 0.1) is 12.7 Å². The van der Waals surface area contributed by atoms with Crippen LogP contribution < -0.4 is 11.1 Å². The molecule has 0 radical (unpaired) electrons. The Bertz CT molecular complexity index is 361. The summed E-state index contributed by atoms with van der Waals surface area (Å²) in [5, 5.41) is 2.82. The molecule has 18 heavy (non-hydrogen) atoms. The predicted molar refractivity (Wildman–Crippen MR) is 72.6 cm³/mol. The van der Waals surface area contributed by atoms with Crippen molar-refractivity contribution in [1.82, 2.24) is 5.32 Å². The van der Waals surface area contributed by atoms with E-state index in [1.807, 2.05) is 38.1 Å². The van der Waals surface area contributed by atoms with Crippen molar-refractivity contribution in [1.29, 1.82) is 0 Å². The van der Waals surface area contributed by atoms with Crippen LogP contribution in [0.25, 0.3) is 0 Å². The van der Waals surface area contributed by atoms with Crippen molar-refractivity contribution >= 4 is 5.91 Å². The van der Waals surface area contributed by atoms with E-state index in [2.05, 4.69) is 5.32 Å². The fraction of sp³-hybridized carbons (Fsp3) is 0.500. The molecule has 0 bridgehead atoms. The van der Waals surface area contributed by atoms with E-state index in [-0.39, 0.29) is 12.0 Å². The Morgan fingerprint density at radius 3 is 2.56 bits per heavy atom. The van der Waals surface area contributed by atoms with Crippen LogP contribution in [0.5, 0.6) is 0 Å². The van der Waals surface area contributed by atoms with Crippen LogP contribution in [0.15, 0.2) is 24.3 Å². The summed E-state index contributed by atoms with van der Waals surface area (Å²) in [7, 11) is 0. The first-order valence-electron chi connectivity index (χ1n) is 6.32. The lowest BCUT2D eigenvalue weighted by molar-refractivity contribution is 0.0746. The molecule has 4 nitrogen and oxygen atoms in total. The molecule has 0 heterocycles. The summed E-state index contributed by atoms with van der Waals surface area (Å²) < 4.78 is 5.35. The zero-order valence-electron chi connectivity index (χ0n) is 11.1. The third-order valence-electron chi connectivity index (χ3n) is 2.49. The van der Waals surface area contributed by atoms with Crippen molar-refractivity contribution in [3.8, 4) is 0 Å². The minimum atomic E-state index is -0.0679. The molecule has 1 amide bonds. The van der Waals surface area contributed by atoms with Crippen molar-refractivity contribution < 1.29 is 9.53 Å². The molecular weight excluding hydrogens is 228 g/mol. The number of amides is 1. The van der Waals surface area contributed by atoms with E-state index >= 15 is 0 Å². The van der Waals surface area contributed by atoms with Gasteiger partial charge in [0.2, 0.25) is 0 Å².